The van der Waals surface area contributed by atoms with Gasteiger partial charge in [-0.1, -0.05) is 17.7 Å². The first-order chi connectivity index (χ1) is 7.25. The van der Waals surface area contributed by atoms with Crippen LogP contribution in [0.2, 0.25) is 5.02 Å². The van der Waals surface area contributed by atoms with Crippen molar-refractivity contribution in [3.05, 3.63) is 57.3 Å². The van der Waals surface area contributed by atoms with E-state index in [9.17, 15) is 4.79 Å². The van der Waals surface area contributed by atoms with E-state index < -0.39 is 0 Å². The number of thioether (sulfide) groups is 1. The molecule has 0 aliphatic carbocycles. The first-order valence-electron chi connectivity index (χ1n) is 4.58. The summed E-state index contributed by atoms with van der Waals surface area (Å²) in [5.74, 6) is 0.0397. The third kappa shape index (κ3) is 2.74. The Bertz CT molecular complexity index is 421. The first kappa shape index (κ1) is 10.5. The minimum atomic E-state index is 0.0397. The molecule has 0 bridgehead atoms. The van der Waals surface area contributed by atoms with Gasteiger partial charge in [0.2, 0.25) is 0 Å². The van der Waals surface area contributed by atoms with Crippen LogP contribution in [0.4, 0.5) is 0 Å². The molecule has 0 aromatic heterocycles. The average molecular weight is 237 g/mol. The SMILES string of the molecule is O=C(/C=C1\CC=CS1)c1ccc(Cl)cc1. The van der Waals surface area contributed by atoms with Gasteiger partial charge in [0.25, 0.3) is 0 Å². The van der Waals surface area contributed by atoms with E-state index in [1.807, 2.05) is 11.5 Å². The van der Waals surface area contributed by atoms with Gasteiger partial charge in [0.1, 0.15) is 0 Å². The minimum Gasteiger partial charge on any atom is -0.289 e. The Morgan fingerprint density at radius 2 is 2.07 bits per heavy atom. The summed E-state index contributed by atoms with van der Waals surface area (Å²) in [6.07, 6.45) is 4.60. The van der Waals surface area contributed by atoms with Crippen molar-refractivity contribution in [2.45, 2.75) is 6.42 Å². The van der Waals surface area contributed by atoms with Crippen LogP contribution in [0.25, 0.3) is 0 Å². The highest BCUT2D eigenvalue weighted by molar-refractivity contribution is 8.06. The van der Waals surface area contributed by atoms with E-state index in [2.05, 4.69) is 0 Å². The van der Waals surface area contributed by atoms with Gasteiger partial charge in [-0.05, 0) is 47.1 Å². The molecule has 2 rings (SSSR count). The third-order valence-corrected chi connectivity index (χ3v) is 3.22. The second-order valence-corrected chi connectivity index (χ2v) is 4.64. The molecule has 0 atom stereocenters. The molecule has 0 spiro atoms. The molecule has 0 unspecified atom stereocenters. The fourth-order valence-electron chi connectivity index (χ4n) is 1.28. The van der Waals surface area contributed by atoms with Crippen LogP contribution in [-0.2, 0) is 0 Å². The summed E-state index contributed by atoms with van der Waals surface area (Å²) < 4.78 is 0. The molecule has 0 amide bonds. The monoisotopic (exact) mass is 236 g/mol. The van der Waals surface area contributed by atoms with Crippen molar-refractivity contribution in [1.82, 2.24) is 0 Å². The zero-order chi connectivity index (χ0) is 10.7. The van der Waals surface area contributed by atoms with Crippen LogP contribution in [0.3, 0.4) is 0 Å². The fraction of sp³-hybridized carbons (Fsp3) is 0.0833. The van der Waals surface area contributed by atoms with Crippen molar-refractivity contribution in [2.75, 3.05) is 0 Å². The number of carbonyl (C=O) groups is 1. The number of halogens is 1. The Balaban J connectivity index is 2.14. The molecule has 15 heavy (non-hydrogen) atoms. The van der Waals surface area contributed by atoms with Gasteiger partial charge >= 0.3 is 0 Å². The largest absolute Gasteiger partial charge is 0.289 e. The summed E-state index contributed by atoms with van der Waals surface area (Å²) in [5, 5.41) is 2.65. The number of benzene rings is 1. The molecule has 1 heterocycles. The lowest BCUT2D eigenvalue weighted by Crippen LogP contribution is -1.94. The van der Waals surface area contributed by atoms with Crippen LogP contribution >= 0.6 is 23.4 Å². The Morgan fingerprint density at radius 1 is 1.33 bits per heavy atom. The van der Waals surface area contributed by atoms with Crippen molar-refractivity contribution in [3.8, 4) is 0 Å². The molecule has 1 nitrogen and oxygen atoms in total. The van der Waals surface area contributed by atoms with E-state index in [1.54, 1.807) is 42.1 Å². The second kappa shape index (κ2) is 4.69. The lowest BCUT2D eigenvalue weighted by molar-refractivity contribution is 0.104. The predicted molar refractivity (Wildman–Crippen MR) is 65.2 cm³/mol. The van der Waals surface area contributed by atoms with Crippen molar-refractivity contribution in [2.24, 2.45) is 0 Å². The van der Waals surface area contributed by atoms with Crippen LogP contribution in [0.5, 0.6) is 0 Å². The van der Waals surface area contributed by atoms with Crippen LogP contribution in [0, 0.1) is 0 Å². The molecule has 0 N–H and O–H groups in total. The van der Waals surface area contributed by atoms with E-state index >= 15 is 0 Å². The van der Waals surface area contributed by atoms with Crippen LogP contribution in [-0.4, -0.2) is 5.78 Å². The molecule has 0 saturated heterocycles. The van der Waals surface area contributed by atoms with Crippen molar-refractivity contribution >= 4 is 29.1 Å². The lowest BCUT2D eigenvalue weighted by Gasteiger charge is -1.97. The predicted octanol–water partition coefficient (Wildman–Crippen LogP) is 4.06. The minimum absolute atomic E-state index is 0.0397. The molecule has 76 valence electrons. The third-order valence-electron chi connectivity index (χ3n) is 2.06. The summed E-state index contributed by atoms with van der Waals surface area (Å²) in [5.41, 5.74) is 0.680. The molecule has 3 heteroatoms. The smallest absolute Gasteiger partial charge is 0.186 e. The topological polar surface area (TPSA) is 17.1 Å². The summed E-state index contributed by atoms with van der Waals surface area (Å²) in [6.45, 7) is 0. The molecule has 1 aromatic carbocycles. The van der Waals surface area contributed by atoms with Gasteiger partial charge < -0.3 is 0 Å². The molecule has 1 aromatic rings. The van der Waals surface area contributed by atoms with Gasteiger partial charge in [-0.15, -0.1) is 11.8 Å². The summed E-state index contributed by atoms with van der Waals surface area (Å²) in [7, 11) is 0. The van der Waals surface area contributed by atoms with E-state index in [1.165, 1.54) is 0 Å². The standard InChI is InChI=1S/C12H9ClOS/c13-10-5-3-9(4-6-10)12(14)8-11-2-1-7-15-11/h1,3-8H,2H2/b11-8+. The van der Waals surface area contributed by atoms with Gasteiger partial charge in [0, 0.05) is 10.6 Å². The zero-order valence-electron chi connectivity index (χ0n) is 7.94. The zero-order valence-corrected chi connectivity index (χ0v) is 9.52. The average Bonchev–Trinajstić information content (AvgIpc) is 2.71. The van der Waals surface area contributed by atoms with Crippen LogP contribution < -0.4 is 0 Å². The molecule has 1 aliphatic heterocycles. The highest BCUT2D eigenvalue weighted by Gasteiger charge is 2.06. The molecule has 0 saturated carbocycles. The lowest BCUT2D eigenvalue weighted by atomic mass is 10.1. The number of hydrogen-bond acceptors (Lipinski definition) is 2. The van der Waals surface area contributed by atoms with Crippen molar-refractivity contribution < 1.29 is 4.79 Å². The fourth-order valence-corrected chi connectivity index (χ4v) is 2.15. The summed E-state index contributed by atoms with van der Waals surface area (Å²) in [6, 6.07) is 6.95. The quantitative estimate of drug-likeness (QED) is 0.569. The Morgan fingerprint density at radius 3 is 2.67 bits per heavy atom. The van der Waals surface area contributed by atoms with Crippen LogP contribution in [0.15, 0.2) is 46.7 Å². The maximum atomic E-state index is 11.8. The molecule has 0 fully saturated rings. The van der Waals surface area contributed by atoms with Crippen molar-refractivity contribution in [1.29, 1.82) is 0 Å². The van der Waals surface area contributed by atoms with Gasteiger partial charge in [0.05, 0.1) is 0 Å². The van der Waals surface area contributed by atoms with E-state index in [0.29, 0.717) is 10.6 Å². The van der Waals surface area contributed by atoms with Gasteiger partial charge in [-0.2, -0.15) is 0 Å². The Hall–Kier alpha value is -0.990. The summed E-state index contributed by atoms with van der Waals surface area (Å²) in [4.78, 5) is 12.8. The maximum absolute atomic E-state index is 11.8. The van der Waals surface area contributed by atoms with E-state index in [0.717, 1.165) is 11.3 Å². The molecule has 1 aliphatic rings. The van der Waals surface area contributed by atoms with Crippen molar-refractivity contribution in [3.63, 3.8) is 0 Å². The summed E-state index contributed by atoms with van der Waals surface area (Å²) >= 11 is 7.35. The highest BCUT2D eigenvalue weighted by atomic mass is 35.5. The van der Waals surface area contributed by atoms with Gasteiger partial charge in [0.15, 0.2) is 5.78 Å². The molecular weight excluding hydrogens is 228 g/mol. The Kier molecular flexibility index (Phi) is 3.29. The number of allylic oxidation sites excluding steroid dienone is 3. The number of hydrogen-bond donors (Lipinski definition) is 0. The van der Waals surface area contributed by atoms with E-state index in [4.69, 9.17) is 11.6 Å². The molecule has 0 radical (unpaired) electrons. The number of ketones is 1. The number of rotatable bonds is 2. The second-order valence-electron chi connectivity index (χ2n) is 3.18. The van der Waals surface area contributed by atoms with Gasteiger partial charge in [-0.3, -0.25) is 4.79 Å². The van der Waals surface area contributed by atoms with Crippen LogP contribution in [0.1, 0.15) is 16.8 Å². The normalized spacial score (nSPS) is 17.3. The molecular formula is C12H9ClOS. The number of carbonyl (C=O) groups excluding carboxylic acids is 1. The van der Waals surface area contributed by atoms with E-state index in [-0.39, 0.29) is 5.78 Å². The Labute approximate surface area is 97.8 Å². The first-order valence-corrected chi connectivity index (χ1v) is 5.83. The highest BCUT2D eigenvalue weighted by Crippen LogP contribution is 2.28. The maximum Gasteiger partial charge on any atom is 0.186 e. The van der Waals surface area contributed by atoms with Gasteiger partial charge in [-0.25, -0.2) is 0 Å².